The molecule has 2 N–H and O–H groups in total. The van der Waals surface area contributed by atoms with Crippen LogP contribution >= 0.6 is 23.2 Å². The summed E-state index contributed by atoms with van der Waals surface area (Å²) in [5.74, 6) is -1.07. The molecule has 0 fully saturated rings. The minimum atomic E-state index is -0.666. The molecule has 0 bridgehead atoms. The number of hydrogen-bond acceptors (Lipinski definition) is 5. The fraction of sp³-hybridized carbons (Fsp3) is 0.0833. The van der Waals surface area contributed by atoms with Crippen molar-refractivity contribution >= 4 is 52.5 Å². The first kappa shape index (κ1) is 24.8. The number of nitrogens with one attached hydrogen (secondary N) is 2. The number of hydrogen-bond donors (Lipinski definition) is 2. The highest BCUT2D eigenvalue weighted by Crippen LogP contribution is 2.24. The number of benzene rings is 3. The second kappa shape index (κ2) is 10.8. The predicted octanol–water partition coefficient (Wildman–Crippen LogP) is 5.63. The van der Waals surface area contributed by atoms with Crippen LogP contribution in [0.3, 0.4) is 0 Å². The molecule has 0 radical (unpaired) electrons. The van der Waals surface area contributed by atoms with Gasteiger partial charge in [0.15, 0.2) is 0 Å². The van der Waals surface area contributed by atoms with E-state index in [-0.39, 0.29) is 22.7 Å². The van der Waals surface area contributed by atoms with Crippen LogP contribution < -0.4 is 15.4 Å². The lowest BCUT2D eigenvalue weighted by Gasteiger charge is -2.13. The summed E-state index contributed by atoms with van der Waals surface area (Å²) in [5.41, 5.74) is 1.34. The Hall–Kier alpha value is -3.88. The molecule has 0 aliphatic carbocycles. The Balaban J connectivity index is 1.99. The molecule has 2 amide bonds. The van der Waals surface area contributed by atoms with Gasteiger partial charge in [-0.15, -0.1) is 0 Å². The summed E-state index contributed by atoms with van der Waals surface area (Å²) >= 11 is 12.2. The van der Waals surface area contributed by atoms with E-state index in [4.69, 9.17) is 27.9 Å². The molecule has 3 aromatic rings. The summed E-state index contributed by atoms with van der Waals surface area (Å²) in [4.78, 5) is 36.7. The van der Waals surface area contributed by atoms with Crippen molar-refractivity contribution in [2.24, 2.45) is 0 Å². The van der Waals surface area contributed by atoms with Gasteiger partial charge < -0.3 is 15.4 Å². The van der Waals surface area contributed by atoms with Crippen molar-refractivity contribution in [1.82, 2.24) is 5.32 Å². The van der Waals surface area contributed by atoms with Gasteiger partial charge in [0.2, 0.25) is 0 Å². The fourth-order valence-electron chi connectivity index (χ4n) is 2.97. The summed E-state index contributed by atoms with van der Waals surface area (Å²) in [6.45, 7) is 1.82. The van der Waals surface area contributed by atoms with Crippen LogP contribution in [0.25, 0.3) is 6.08 Å². The molecule has 0 unspecified atom stereocenters. The van der Waals surface area contributed by atoms with Crippen molar-refractivity contribution in [3.63, 3.8) is 0 Å². The molecular formula is C24H19Cl2N3O5. The third-order valence-corrected chi connectivity index (χ3v) is 5.36. The van der Waals surface area contributed by atoms with Crippen LogP contribution in [0.4, 0.5) is 11.4 Å². The Kier molecular flexibility index (Phi) is 7.88. The second-order valence-electron chi connectivity index (χ2n) is 7.13. The molecule has 0 saturated carbocycles. The molecule has 0 aliphatic heterocycles. The Morgan fingerprint density at radius 1 is 1.06 bits per heavy atom. The molecule has 3 aromatic carbocycles. The van der Waals surface area contributed by atoms with E-state index in [1.807, 2.05) is 6.92 Å². The van der Waals surface area contributed by atoms with Crippen LogP contribution in [-0.4, -0.2) is 23.8 Å². The lowest BCUT2D eigenvalue weighted by molar-refractivity contribution is -0.384. The summed E-state index contributed by atoms with van der Waals surface area (Å²) < 4.78 is 5.21. The maximum Gasteiger partial charge on any atom is 0.272 e. The van der Waals surface area contributed by atoms with Gasteiger partial charge in [-0.1, -0.05) is 41.4 Å². The lowest BCUT2D eigenvalue weighted by atomic mass is 10.1. The zero-order valence-corrected chi connectivity index (χ0v) is 19.6. The number of halogens is 2. The lowest BCUT2D eigenvalue weighted by Crippen LogP contribution is -2.31. The normalized spacial score (nSPS) is 11.0. The average molecular weight is 500 g/mol. The molecule has 10 heteroatoms. The highest BCUT2D eigenvalue weighted by molar-refractivity contribution is 6.32. The third-order valence-electron chi connectivity index (χ3n) is 4.72. The average Bonchev–Trinajstić information content (AvgIpc) is 2.81. The van der Waals surface area contributed by atoms with Crippen LogP contribution in [0.5, 0.6) is 5.75 Å². The maximum absolute atomic E-state index is 13.1. The largest absolute Gasteiger partial charge is 0.496 e. The van der Waals surface area contributed by atoms with Crippen molar-refractivity contribution in [3.05, 3.63) is 103 Å². The number of carbonyl (C=O) groups is 2. The Morgan fingerprint density at radius 2 is 1.82 bits per heavy atom. The number of anilines is 1. The predicted molar refractivity (Wildman–Crippen MR) is 131 cm³/mol. The van der Waals surface area contributed by atoms with Crippen molar-refractivity contribution in [1.29, 1.82) is 0 Å². The van der Waals surface area contributed by atoms with Crippen molar-refractivity contribution in [3.8, 4) is 5.75 Å². The van der Waals surface area contributed by atoms with Gasteiger partial charge in [-0.3, -0.25) is 19.7 Å². The van der Waals surface area contributed by atoms with Gasteiger partial charge in [0.1, 0.15) is 11.4 Å². The molecule has 174 valence electrons. The number of nitro benzene ring substituents is 1. The molecule has 34 heavy (non-hydrogen) atoms. The number of rotatable bonds is 7. The van der Waals surface area contributed by atoms with Gasteiger partial charge in [-0.25, -0.2) is 0 Å². The van der Waals surface area contributed by atoms with Crippen molar-refractivity contribution in [2.45, 2.75) is 6.92 Å². The highest BCUT2D eigenvalue weighted by atomic mass is 35.5. The summed E-state index contributed by atoms with van der Waals surface area (Å²) in [7, 11) is 1.40. The fourth-order valence-corrected chi connectivity index (χ4v) is 3.32. The first-order valence-electron chi connectivity index (χ1n) is 9.86. The quantitative estimate of drug-likeness (QED) is 0.248. The van der Waals surface area contributed by atoms with Gasteiger partial charge in [0, 0.05) is 27.9 Å². The first-order valence-corrected chi connectivity index (χ1v) is 10.6. The number of ether oxygens (including phenoxy) is 1. The summed E-state index contributed by atoms with van der Waals surface area (Å²) in [6.07, 6.45) is 1.33. The van der Waals surface area contributed by atoms with Gasteiger partial charge in [0.05, 0.1) is 17.6 Å². The minimum absolute atomic E-state index is 0.103. The first-order chi connectivity index (χ1) is 16.2. The standard InChI is InChI=1S/C24H19Cl2N3O5/c1-14-6-8-17(13-20(14)26)27-24(31)21(11-15-4-3-5-18(10-15)29(32)33)28-23(30)19-12-16(25)7-9-22(19)34-2/h3-13H,1-2H3,(H,27,31)(H,28,30)/b21-11-. The van der Waals surface area contributed by atoms with E-state index in [2.05, 4.69) is 10.6 Å². The number of aryl methyl sites for hydroxylation is 1. The van der Waals surface area contributed by atoms with Gasteiger partial charge in [-0.2, -0.15) is 0 Å². The zero-order chi connectivity index (χ0) is 24.8. The van der Waals surface area contributed by atoms with Crippen LogP contribution in [0.2, 0.25) is 10.0 Å². The van der Waals surface area contributed by atoms with Gasteiger partial charge >= 0.3 is 0 Å². The Bertz CT molecular complexity index is 1310. The molecule has 0 atom stereocenters. The van der Waals surface area contributed by atoms with E-state index in [1.165, 1.54) is 43.5 Å². The number of nitrogens with zero attached hydrogens (tertiary/aromatic N) is 1. The summed E-state index contributed by atoms with van der Waals surface area (Å²) in [5, 5.41) is 17.1. The smallest absolute Gasteiger partial charge is 0.272 e. The van der Waals surface area contributed by atoms with Crippen LogP contribution in [0, 0.1) is 17.0 Å². The van der Waals surface area contributed by atoms with Crippen LogP contribution in [0.1, 0.15) is 21.5 Å². The van der Waals surface area contributed by atoms with Gasteiger partial charge in [-0.05, 0) is 54.5 Å². The molecular weight excluding hydrogens is 481 g/mol. The van der Waals surface area contributed by atoms with E-state index in [0.717, 1.165) is 5.56 Å². The minimum Gasteiger partial charge on any atom is -0.496 e. The topological polar surface area (TPSA) is 111 Å². The number of non-ortho nitro benzene ring substituents is 1. The van der Waals surface area contributed by atoms with E-state index in [0.29, 0.717) is 21.3 Å². The van der Waals surface area contributed by atoms with Gasteiger partial charge in [0.25, 0.3) is 17.5 Å². The molecule has 0 spiro atoms. The summed E-state index contributed by atoms with van der Waals surface area (Å²) in [6, 6.07) is 15.1. The van der Waals surface area contributed by atoms with Crippen LogP contribution in [-0.2, 0) is 4.79 Å². The van der Waals surface area contributed by atoms with E-state index >= 15 is 0 Å². The molecule has 0 heterocycles. The SMILES string of the molecule is COc1ccc(Cl)cc1C(=O)N/C(=C\c1cccc([N+](=O)[O-])c1)C(=O)Nc1ccc(C)c(Cl)c1. The van der Waals surface area contributed by atoms with E-state index in [9.17, 15) is 19.7 Å². The van der Waals surface area contributed by atoms with Crippen molar-refractivity contribution in [2.75, 3.05) is 12.4 Å². The molecule has 3 rings (SSSR count). The number of amides is 2. The zero-order valence-electron chi connectivity index (χ0n) is 18.1. The van der Waals surface area contributed by atoms with E-state index < -0.39 is 16.7 Å². The second-order valence-corrected chi connectivity index (χ2v) is 7.97. The highest BCUT2D eigenvalue weighted by Gasteiger charge is 2.19. The molecule has 0 aromatic heterocycles. The van der Waals surface area contributed by atoms with Crippen LogP contribution in [0.15, 0.2) is 66.4 Å². The molecule has 0 aliphatic rings. The molecule has 0 saturated heterocycles. The Labute approximate surface area is 205 Å². The number of methoxy groups -OCH3 is 1. The third kappa shape index (κ3) is 6.12. The maximum atomic E-state index is 13.1. The molecule has 8 nitrogen and oxygen atoms in total. The van der Waals surface area contributed by atoms with Crippen molar-refractivity contribution < 1.29 is 19.2 Å². The number of carbonyl (C=O) groups excluding carboxylic acids is 2. The Morgan fingerprint density at radius 3 is 2.50 bits per heavy atom. The van der Waals surface area contributed by atoms with E-state index in [1.54, 1.807) is 30.3 Å². The monoisotopic (exact) mass is 499 g/mol. The number of nitro groups is 1.